The predicted octanol–water partition coefficient (Wildman–Crippen LogP) is 1.04. The molecule has 0 saturated heterocycles. The molecule has 3 N–H and O–H groups in total. The average molecular weight is 185 g/mol. The van der Waals surface area contributed by atoms with Crippen LogP contribution in [0.2, 0.25) is 0 Å². The Balaban J connectivity index is 2.49. The number of rotatable bonds is 0. The summed E-state index contributed by atoms with van der Waals surface area (Å²) in [5.74, 6) is 0.410. The van der Waals surface area contributed by atoms with E-state index in [9.17, 15) is 0 Å². The first-order chi connectivity index (χ1) is 6.84. The van der Waals surface area contributed by atoms with Crippen LogP contribution in [0, 0.1) is 0 Å². The lowest BCUT2D eigenvalue weighted by Gasteiger charge is -2.01. The van der Waals surface area contributed by atoms with E-state index in [2.05, 4.69) is 20.2 Å². The maximum absolute atomic E-state index is 5.63. The highest BCUT2D eigenvalue weighted by atomic mass is 15.2. The van der Waals surface area contributed by atoms with Gasteiger partial charge in [-0.1, -0.05) is 0 Å². The van der Waals surface area contributed by atoms with Crippen molar-refractivity contribution in [3.8, 4) is 11.4 Å². The molecule has 0 radical (unpaired) electrons. The summed E-state index contributed by atoms with van der Waals surface area (Å²) in [6.07, 6.45) is 1.73. The minimum absolute atomic E-state index is 0.410. The summed E-state index contributed by atoms with van der Waals surface area (Å²) in [5, 5.41) is 8.72. The Bertz CT molecular complexity index is 571. The first kappa shape index (κ1) is 7.25. The summed E-state index contributed by atoms with van der Waals surface area (Å²) < 4.78 is 0. The van der Waals surface area contributed by atoms with E-state index in [4.69, 9.17) is 5.73 Å². The second-order valence-corrected chi connectivity index (χ2v) is 3.06. The van der Waals surface area contributed by atoms with Crippen molar-refractivity contribution < 1.29 is 0 Å². The predicted molar refractivity (Wildman–Crippen MR) is 52.7 cm³/mol. The fourth-order valence-corrected chi connectivity index (χ4v) is 1.47. The number of nitrogens with two attached hydrogens (primary N) is 1. The maximum atomic E-state index is 5.63. The summed E-state index contributed by atoms with van der Waals surface area (Å²) in [6, 6.07) is 5.75. The molecule has 68 valence electrons. The molecule has 5 nitrogen and oxygen atoms in total. The highest BCUT2D eigenvalue weighted by molar-refractivity contribution is 5.84. The van der Waals surface area contributed by atoms with Crippen LogP contribution in [0.1, 0.15) is 0 Å². The molecule has 2 aliphatic heterocycles. The Morgan fingerprint density at radius 1 is 1.29 bits per heavy atom. The van der Waals surface area contributed by atoms with Gasteiger partial charge < -0.3 is 10.7 Å². The highest BCUT2D eigenvalue weighted by Crippen LogP contribution is 2.25. The van der Waals surface area contributed by atoms with Crippen LogP contribution in [0.4, 0.5) is 5.82 Å². The number of H-pyrrole nitrogens is 1. The third-order valence-corrected chi connectivity index (χ3v) is 2.15. The molecule has 0 amide bonds. The summed E-state index contributed by atoms with van der Waals surface area (Å²) >= 11 is 0. The van der Waals surface area contributed by atoms with Crippen molar-refractivity contribution in [3.63, 3.8) is 0 Å². The molecular weight excluding hydrogens is 178 g/mol. The van der Waals surface area contributed by atoms with E-state index in [1.165, 1.54) is 0 Å². The SMILES string of the molecule is Nc1nnc2cc3cccnc3[nH]c1-2. The van der Waals surface area contributed by atoms with Gasteiger partial charge >= 0.3 is 0 Å². The second kappa shape index (κ2) is 2.41. The number of nitrogens with zero attached hydrogens (tertiary/aromatic N) is 3. The first-order valence-electron chi connectivity index (χ1n) is 4.20. The number of hydrogen-bond donors (Lipinski definition) is 2. The minimum atomic E-state index is 0.410. The molecular formula is C9H7N5. The molecule has 3 rings (SSSR count). The van der Waals surface area contributed by atoms with Crippen LogP contribution in [-0.2, 0) is 0 Å². The van der Waals surface area contributed by atoms with Gasteiger partial charge in [-0.3, -0.25) is 0 Å². The number of nitrogen functional groups attached to an aromatic ring is 1. The normalized spacial score (nSPS) is 11.1. The number of pyridine rings is 2. The molecule has 1 aromatic heterocycles. The fourth-order valence-electron chi connectivity index (χ4n) is 1.47. The number of hydrogen-bond acceptors (Lipinski definition) is 4. The van der Waals surface area contributed by atoms with Gasteiger partial charge in [-0.25, -0.2) is 4.98 Å². The molecule has 0 saturated carbocycles. The van der Waals surface area contributed by atoms with E-state index >= 15 is 0 Å². The number of fused-ring (bicyclic) bond motifs is 2. The van der Waals surface area contributed by atoms with Crippen molar-refractivity contribution in [2.75, 3.05) is 5.73 Å². The topological polar surface area (TPSA) is 80.5 Å². The van der Waals surface area contributed by atoms with Crippen molar-refractivity contribution in [1.29, 1.82) is 0 Å². The van der Waals surface area contributed by atoms with Gasteiger partial charge in [-0.2, -0.15) is 0 Å². The standard InChI is InChI=1S/C9H7N5/c10-8-7-6(13-14-8)4-5-2-1-3-11-9(5)12-7/h1-4H,10H2,(H,11,12). The van der Waals surface area contributed by atoms with Crippen LogP contribution < -0.4 is 5.73 Å². The molecule has 0 bridgehead atoms. The smallest absolute Gasteiger partial charge is 0.172 e. The van der Waals surface area contributed by atoms with Gasteiger partial charge in [0, 0.05) is 11.6 Å². The van der Waals surface area contributed by atoms with E-state index in [1.54, 1.807) is 6.20 Å². The second-order valence-electron chi connectivity index (χ2n) is 3.06. The lowest BCUT2D eigenvalue weighted by Crippen LogP contribution is -1.91. The minimum Gasteiger partial charge on any atom is -0.380 e. The van der Waals surface area contributed by atoms with Crippen LogP contribution >= 0.6 is 0 Å². The third-order valence-electron chi connectivity index (χ3n) is 2.15. The quantitative estimate of drug-likeness (QED) is 0.548. The fraction of sp³-hybridized carbons (Fsp3) is 0. The Morgan fingerprint density at radius 3 is 3.14 bits per heavy atom. The van der Waals surface area contributed by atoms with E-state index < -0.39 is 0 Å². The first-order valence-corrected chi connectivity index (χ1v) is 4.20. The zero-order valence-corrected chi connectivity index (χ0v) is 7.23. The van der Waals surface area contributed by atoms with Crippen molar-refractivity contribution >= 4 is 16.9 Å². The third kappa shape index (κ3) is 0.861. The van der Waals surface area contributed by atoms with Crippen LogP contribution in [0.15, 0.2) is 24.4 Å². The maximum Gasteiger partial charge on any atom is 0.172 e. The lowest BCUT2D eigenvalue weighted by atomic mass is 10.2. The Labute approximate surface area is 79.3 Å². The van der Waals surface area contributed by atoms with Gasteiger partial charge in [0.25, 0.3) is 0 Å². The summed E-state index contributed by atoms with van der Waals surface area (Å²) in [6.45, 7) is 0. The van der Waals surface area contributed by atoms with Gasteiger partial charge in [0.05, 0.1) is 0 Å². The zero-order valence-electron chi connectivity index (χ0n) is 7.23. The molecule has 0 unspecified atom stereocenters. The van der Waals surface area contributed by atoms with Crippen molar-refractivity contribution in [3.05, 3.63) is 24.4 Å². The van der Waals surface area contributed by atoms with E-state index in [0.29, 0.717) is 5.82 Å². The van der Waals surface area contributed by atoms with E-state index in [-0.39, 0.29) is 0 Å². The average Bonchev–Trinajstić information content (AvgIpc) is 2.57. The van der Waals surface area contributed by atoms with Crippen LogP contribution in [0.25, 0.3) is 22.4 Å². The highest BCUT2D eigenvalue weighted by Gasteiger charge is 2.12. The van der Waals surface area contributed by atoms with Crippen molar-refractivity contribution in [2.24, 2.45) is 0 Å². The Kier molecular flexibility index (Phi) is 1.25. The summed E-state index contributed by atoms with van der Waals surface area (Å²) in [5.41, 5.74) is 7.94. The molecule has 0 spiro atoms. The molecule has 2 aliphatic rings. The summed E-state index contributed by atoms with van der Waals surface area (Å²) in [4.78, 5) is 7.28. The molecule has 1 aromatic rings. The molecule has 14 heavy (non-hydrogen) atoms. The molecule has 5 heteroatoms. The summed E-state index contributed by atoms with van der Waals surface area (Å²) in [7, 11) is 0. The monoisotopic (exact) mass is 185 g/mol. The zero-order chi connectivity index (χ0) is 9.54. The number of aromatic nitrogens is 4. The van der Waals surface area contributed by atoms with Gasteiger partial charge in [0.1, 0.15) is 17.0 Å². The Hall–Kier alpha value is -2.17. The molecule has 0 fully saturated rings. The van der Waals surface area contributed by atoms with E-state index in [1.807, 2.05) is 18.2 Å². The van der Waals surface area contributed by atoms with Crippen LogP contribution in [0.5, 0.6) is 0 Å². The van der Waals surface area contributed by atoms with Crippen molar-refractivity contribution in [1.82, 2.24) is 20.2 Å². The lowest BCUT2D eigenvalue weighted by molar-refractivity contribution is 1.11. The van der Waals surface area contributed by atoms with E-state index in [0.717, 1.165) is 22.4 Å². The number of aromatic amines is 1. The van der Waals surface area contributed by atoms with Crippen LogP contribution in [0.3, 0.4) is 0 Å². The van der Waals surface area contributed by atoms with Gasteiger partial charge in [-0.05, 0) is 18.2 Å². The van der Waals surface area contributed by atoms with Crippen LogP contribution in [-0.4, -0.2) is 20.2 Å². The van der Waals surface area contributed by atoms with Gasteiger partial charge in [-0.15, -0.1) is 10.2 Å². The molecule has 3 heterocycles. The molecule has 0 aliphatic carbocycles. The number of nitrogens with one attached hydrogen (secondary N) is 1. The molecule has 0 aromatic carbocycles. The van der Waals surface area contributed by atoms with Gasteiger partial charge in [0.2, 0.25) is 0 Å². The largest absolute Gasteiger partial charge is 0.380 e. The van der Waals surface area contributed by atoms with Gasteiger partial charge in [0.15, 0.2) is 5.82 Å². The Morgan fingerprint density at radius 2 is 2.21 bits per heavy atom. The molecule has 0 atom stereocenters. The van der Waals surface area contributed by atoms with Crippen molar-refractivity contribution in [2.45, 2.75) is 0 Å². The number of anilines is 1.